The summed E-state index contributed by atoms with van der Waals surface area (Å²) in [6.45, 7) is 1.76. The second-order valence-corrected chi connectivity index (χ2v) is 6.16. The molecule has 0 aliphatic carbocycles. The van der Waals surface area contributed by atoms with Gasteiger partial charge in [-0.15, -0.1) is 0 Å². The molecule has 0 spiro atoms. The maximum absolute atomic E-state index is 12.2. The van der Waals surface area contributed by atoms with Crippen molar-refractivity contribution in [1.29, 1.82) is 0 Å². The fourth-order valence-electron chi connectivity index (χ4n) is 2.57. The lowest BCUT2D eigenvalue weighted by atomic mass is 10.1. The summed E-state index contributed by atoms with van der Waals surface area (Å²) in [6, 6.07) is 17.6. The van der Waals surface area contributed by atoms with Crippen LogP contribution in [0.15, 0.2) is 71.1 Å². The molecule has 3 aromatic rings. The van der Waals surface area contributed by atoms with E-state index in [2.05, 4.69) is 16.0 Å². The molecule has 9 nitrogen and oxygen atoms in total. The molecule has 0 saturated carbocycles. The number of benzene rings is 2. The highest BCUT2D eigenvalue weighted by molar-refractivity contribution is 5.99. The van der Waals surface area contributed by atoms with Gasteiger partial charge in [0.15, 0.2) is 5.76 Å². The zero-order valence-electron chi connectivity index (χ0n) is 15.4. The van der Waals surface area contributed by atoms with Crippen molar-refractivity contribution in [2.75, 3.05) is 10.6 Å². The maximum atomic E-state index is 12.2. The van der Waals surface area contributed by atoms with Crippen molar-refractivity contribution >= 4 is 29.2 Å². The number of nitrogens with one attached hydrogen (secondary N) is 3. The molecule has 0 aliphatic rings. The van der Waals surface area contributed by atoms with Crippen molar-refractivity contribution in [1.82, 2.24) is 5.32 Å². The molecule has 3 N–H and O–H groups in total. The van der Waals surface area contributed by atoms with E-state index in [0.717, 1.165) is 11.6 Å². The van der Waals surface area contributed by atoms with Gasteiger partial charge in [0.2, 0.25) is 0 Å². The predicted molar refractivity (Wildman–Crippen MR) is 107 cm³/mol. The molecular weight excluding hydrogens is 376 g/mol. The number of furan rings is 1. The summed E-state index contributed by atoms with van der Waals surface area (Å²) in [7, 11) is 0. The minimum atomic E-state index is -0.708. The number of urea groups is 1. The van der Waals surface area contributed by atoms with Gasteiger partial charge in [-0.2, -0.15) is 0 Å². The Kier molecular flexibility index (Phi) is 5.88. The average Bonchev–Trinajstić information content (AvgIpc) is 3.20. The van der Waals surface area contributed by atoms with Crippen molar-refractivity contribution in [3.8, 4) is 0 Å². The smallest absolute Gasteiger partial charge is 0.395 e. The molecule has 3 rings (SSSR count). The van der Waals surface area contributed by atoms with Crippen LogP contribution in [0.1, 0.15) is 29.1 Å². The third kappa shape index (κ3) is 5.19. The largest absolute Gasteiger partial charge is 0.433 e. The maximum Gasteiger partial charge on any atom is 0.433 e. The Hall–Kier alpha value is -4.14. The summed E-state index contributed by atoms with van der Waals surface area (Å²) in [4.78, 5) is 34.1. The van der Waals surface area contributed by atoms with E-state index in [0.29, 0.717) is 11.4 Å². The number of rotatable bonds is 6. The Morgan fingerprint density at radius 2 is 1.55 bits per heavy atom. The van der Waals surface area contributed by atoms with E-state index in [9.17, 15) is 19.7 Å². The molecule has 148 valence electrons. The molecule has 3 amide bonds. The van der Waals surface area contributed by atoms with E-state index in [1.165, 1.54) is 6.07 Å². The Bertz CT molecular complexity index is 1010. The molecule has 2 aromatic carbocycles. The van der Waals surface area contributed by atoms with E-state index >= 15 is 0 Å². The lowest BCUT2D eigenvalue weighted by Gasteiger charge is -2.14. The number of hydrogen-bond donors (Lipinski definition) is 3. The predicted octanol–water partition coefficient (Wildman–Crippen LogP) is 4.32. The first kappa shape index (κ1) is 19.6. The Morgan fingerprint density at radius 1 is 0.931 bits per heavy atom. The van der Waals surface area contributed by atoms with Gasteiger partial charge in [-0.3, -0.25) is 14.9 Å². The number of para-hydroxylation sites is 1. The highest BCUT2D eigenvalue weighted by Crippen LogP contribution is 2.19. The van der Waals surface area contributed by atoms with Crippen LogP contribution in [0.5, 0.6) is 0 Å². The molecule has 0 bridgehead atoms. The van der Waals surface area contributed by atoms with Gasteiger partial charge < -0.3 is 20.4 Å². The number of carbonyl (C=O) groups excluding carboxylic acids is 2. The molecule has 9 heteroatoms. The van der Waals surface area contributed by atoms with Crippen LogP contribution in [0.25, 0.3) is 0 Å². The van der Waals surface area contributed by atoms with Crippen molar-refractivity contribution in [3.05, 3.63) is 88.2 Å². The standard InChI is InChI=1S/C20H18N4O5/c1-13(21-19(25)17-11-12-18(29-17)24(27)28)14-7-9-16(10-8-14)23-20(26)22-15-5-3-2-4-6-15/h2-13H,1H3,(H,21,25)(H2,22,23,26). The van der Waals surface area contributed by atoms with Crippen LogP contribution in [0.2, 0.25) is 0 Å². The molecule has 0 saturated heterocycles. The SMILES string of the molecule is CC(NC(=O)c1ccc([N+](=O)[O-])o1)c1ccc(NC(=O)Nc2ccccc2)cc1. The van der Waals surface area contributed by atoms with Crippen LogP contribution in [0, 0.1) is 10.1 Å². The van der Waals surface area contributed by atoms with Gasteiger partial charge in [0.05, 0.1) is 12.1 Å². The van der Waals surface area contributed by atoms with Gasteiger partial charge >= 0.3 is 11.9 Å². The summed E-state index contributed by atoms with van der Waals surface area (Å²) in [5, 5.41) is 18.8. The van der Waals surface area contributed by atoms with Gasteiger partial charge in [-0.1, -0.05) is 30.3 Å². The summed E-state index contributed by atoms with van der Waals surface area (Å²) in [5.74, 6) is -1.19. The highest BCUT2D eigenvalue weighted by atomic mass is 16.6. The molecule has 0 aliphatic heterocycles. The number of amides is 3. The third-order valence-electron chi connectivity index (χ3n) is 4.04. The normalized spacial score (nSPS) is 11.3. The van der Waals surface area contributed by atoms with E-state index in [1.807, 2.05) is 18.2 Å². The number of nitro groups is 1. The molecule has 1 unspecified atom stereocenters. The van der Waals surface area contributed by atoms with E-state index in [1.54, 1.807) is 43.3 Å². The molecule has 1 atom stereocenters. The van der Waals surface area contributed by atoms with Crippen LogP contribution >= 0.6 is 0 Å². The quantitative estimate of drug-likeness (QED) is 0.424. The van der Waals surface area contributed by atoms with Crippen LogP contribution in [-0.4, -0.2) is 16.9 Å². The number of carbonyl (C=O) groups is 2. The fraction of sp³-hybridized carbons (Fsp3) is 0.100. The van der Waals surface area contributed by atoms with Gasteiger partial charge in [0, 0.05) is 11.4 Å². The summed E-state index contributed by atoms with van der Waals surface area (Å²) < 4.78 is 4.89. The first-order valence-corrected chi connectivity index (χ1v) is 8.70. The summed E-state index contributed by atoms with van der Waals surface area (Å²) in [6.07, 6.45) is 0. The third-order valence-corrected chi connectivity index (χ3v) is 4.04. The Morgan fingerprint density at radius 3 is 2.14 bits per heavy atom. The second-order valence-electron chi connectivity index (χ2n) is 6.16. The van der Waals surface area contributed by atoms with E-state index in [-0.39, 0.29) is 17.8 Å². The molecule has 1 aromatic heterocycles. The van der Waals surface area contributed by atoms with E-state index in [4.69, 9.17) is 4.42 Å². The van der Waals surface area contributed by atoms with Crippen LogP contribution in [-0.2, 0) is 0 Å². The monoisotopic (exact) mass is 394 g/mol. The summed E-state index contributed by atoms with van der Waals surface area (Å²) in [5.41, 5.74) is 2.05. The number of nitrogens with zero attached hydrogens (tertiary/aromatic N) is 1. The number of hydrogen-bond acceptors (Lipinski definition) is 5. The zero-order valence-corrected chi connectivity index (χ0v) is 15.4. The molecule has 29 heavy (non-hydrogen) atoms. The van der Waals surface area contributed by atoms with Crippen molar-refractivity contribution in [3.63, 3.8) is 0 Å². The average molecular weight is 394 g/mol. The van der Waals surface area contributed by atoms with Gasteiger partial charge in [0.1, 0.15) is 4.92 Å². The van der Waals surface area contributed by atoms with Crippen LogP contribution in [0.3, 0.4) is 0 Å². The van der Waals surface area contributed by atoms with Crippen LogP contribution < -0.4 is 16.0 Å². The lowest BCUT2D eigenvalue weighted by Crippen LogP contribution is -2.26. The van der Waals surface area contributed by atoms with Crippen LogP contribution in [0.4, 0.5) is 22.1 Å². The molecule has 0 radical (unpaired) electrons. The number of anilines is 2. The minimum Gasteiger partial charge on any atom is -0.395 e. The highest BCUT2D eigenvalue weighted by Gasteiger charge is 2.19. The fourth-order valence-corrected chi connectivity index (χ4v) is 2.57. The second kappa shape index (κ2) is 8.70. The Labute approximate surface area is 165 Å². The van der Waals surface area contributed by atoms with Crippen molar-refractivity contribution in [2.24, 2.45) is 0 Å². The first-order valence-electron chi connectivity index (χ1n) is 8.70. The van der Waals surface area contributed by atoms with Gasteiger partial charge in [-0.05, 0) is 42.8 Å². The molecule has 1 heterocycles. The lowest BCUT2D eigenvalue weighted by molar-refractivity contribution is -0.402. The topological polar surface area (TPSA) is 127 Å². The minimum absolute atomic E-state index is 0.139. The van der Waals surface area contributed by atoms with Crippen molar-refractivity contribution in [2.45, 2.75) is 13.0 Å². The van der Waals surface area contributed by atoms with E-state index < -0.39 is 16.7 Å². The van der Waals surface area contributed by atoms with Crippen molar-refractivity contribution < 1.29 is 18.9 Å². The molecular formula is C20H18N4O5. The summed E-state index contributed by atoms with van der Waals surface area (Å²) >= 11 is 0. The first-order chi connectivity index (χ1) is 13.9. The van der Waals surface area contributed by atoms with Gasteiger partial charge in [-0.25, -0.2) is 4.79 Å². The molecule has 0 fully saturated rings. The Balaban J connectivity index is 1.56. The zero-order chi connectivity index (χ0) is 20.8. The van der Waals surface area contributed by atoms with Gasteiger partial charge in [0.25, 0.3) is 5.91 Å².